The zero-order chi connectivity index (χ0) is 33.1. The second kappa shape index (κ2) is 17.5. The number of carboxylic acid groups (broad SMARTS) is 1. The fraction of sp³-hybridized carbons (Fsp3) is 0.750. The summed E-state index contributed by atoms with van der Waals surface area (Å²) in [4.78, 5) is 39.1. The number of Topliss-reactive ketones (excluding diaryl/α,β-unsaturated/α-hetero) is 1. The number of hydrogen-bond donors (Lipinski definition) is 3. The van der Waals surface area contributed by atoms with Gasteiger partial charge in [0.15, 0.2) is 5.79 Å². The fourth-order valence-corrected chi connectivity index (χ4v) is 7.17. The molecule has 7 atom stereocenters. The van der Waals surface area contributed by atoms with Gasteiger partial charge >= 0.3 is 5.97 Å². The van der Waals surface area contributed by atoms with Gasteiger partial charge in [0.1, 0.15) is 11.8 Å². The number of aliphatic carboxylic acids is 1. The first kappa shape index (κ1) is 37.1. The molecule has 0 radical (unpaired) electrons. The molecule has 0 aromatic heterocycles. The quantitative estimate of drug-likeness (QED) is 0.211. The Morgan fingerprint density at radius 3 is 2.40 bits per heavy atom. The first-order valence-corrected chi connectivity index (χ1v) is 17.0. The van der Waals surface area contributed by atoms with Crippen molar-refractivity contribution >= 4 is 17.7 Å². The number of carbonyl (C=O) groups excluding carboxylic acids is 2. The third kappa shape index (κ3) is 10.9. The van der Waals surface area contributed by atoms with Crippen molar-refractivity contribution in [3.05, 3.63) is 36.0 Å². The predicted octanol–water partition coefficient (Wildman–Crippen LogP) is 5.59. The fourth-order valence-electron chi connectivity index (χ4n) is 7.17. The van der Waals surface area contributed by atoms with Crippen LogP contribution in [0.5, 0.6) is 0 Å². The van der Waals surface area contributed by atoms with Crippen molar-refractivity contribution in [3.8, 4) is 0 Å². The lowest BCUT2D eigenvalue weighted by molar-refractivity contribution is -0.284. The van der Waals surface area contributed by atoms with Crippen LogP contribution in [0.3, 0.4) is 0 Å². The lowest BCUT2D eigenvalue weighted by Crippen LogP contribution is -2.54. The smallest absolute Gasteiger partial charge is 0.326 e. The van der Waals surface area contributed by atoms with Crippen molar-refractivity contribution in [3.63, 3.8) is 0 Å². The molecule has 1 aliphatic carbocycles. The molecule has 3 N–H and O–H groups in total. The summed E-state index contributed by atoms with van der Waals surface area (Å²) in [5.41, 5.74) is 1.01. The summed E-state index contributed by atoms with van der Waals surface area (Å²) in [6, 6.07) is -0.850. The second-order valence-electron chi connectivity index (χ2n) is 13.8. The second-order valence-corrected chi connectivity index (χ2v) is 13.8. The number of ether oxygens (including phenoxy) is 2. The number of methoxy groups -OCH3 is 1. The molecule has 0 bridgehead atoms. The van der Waals surface area contributed by atoms with Crippen LogP contribution >= 0.6 is 0 Å². The van der Waals surface area contributed by atoms with E-state index < -0.39 is 17.8 Å². The summed E-state index contributed by atoms with van der Waals surface area (Å²) in [7, 11) is 1.65. The van der Waals surface area contributed by atoms with Gasteiger partial charge in [-0.1, -0.05) is 51.2 Å². The number of ketones is 1. The summed E-state index contributed by atoms with van der Waals surface area (Å²) in [5.74, 6) is -2.61. The van der Waals surface area contributed by atoms with E-state index in [1.807, 2.05) is 45.1 Å². The molecule has 2 heterocycles. The molecule has 0 aromatic carbocycles. The van der Waals surface area contributed by atoms with Gasteiger partial charge in [-0.05, 0) is 82.6 Å². The van der Waals surface area contributed by atoms with E-state index in [0.29, 0.717) is 31.6 Å². The van der Waals surface area contributed by atoms with E-state index in [0.717, 1.165) is 56.9 Å². The number of amides is 1. The van der Waals surface area contributed by atoms with Gasteiger partial charge in [0.25, 0.3) is 0 Å². The van der Waals surface area contributed by atoms with Gasteiger partial charge in [0.05, 0.1) is 24.7 Å². The number of aliphatic hydroxyl groups is 2. The Morgan fingerprint density at radius 1 is 1.02 bits per heavy atom. The van der Waals surface area contributed by atoms with Crippen molar-refractivity contribution in [2.45, 2.75) is 135 Å². The van der Waals surface area contributed by atoms with Crippen LogP contribution in [0.4, 0.5) is 0 Å². The van der Waals surface area contributed by atoms with Crippen LogP contribution in [-0.4, -0.2) is 81.7 Å². The Morgan fingerprint density at radius 2 is 1.73 bits per heavy atom. The maximum atomic E-state index is 13.1. The molecule has 1 saturated carbocycles. The summed E-state index contributed by atoms with van der Waals surface area (Å²) < 4.78 is 12.0. The number of carboxylic acids is 1. The van der Waals surface area contributed by atoms with E-state index in [2.05, 4.69) is 13.0 Å². The number of piperidine rings is 1. The molecule has 2 aliphatic heterocycles. The Kier molecular flexibility index (Phi) is 14.5. The van der Waals surface area contributed by atoms with Gasteiger partial charge in [-0.2, -0.15) is 0 Å². The van der Waals surface area contributed by atoms with Crippen LogP contribution in [0.1, 0.15) is 105 Å². The largest absolute Gasteiger partial charge is 0.480 e. The van der Waals surface area contributed by atoms with Gasteiger partial charge in [-0.15, -0.1) is 0 Å². The van der Waals surface area contributed by atoms with Crippen LogP contribution in [0.2, 0.25) is 0 Å². The van der Waals surface area contributed by atoms with E-state index in [1.54, 1.807) is 7.11 Å². The molecular weight excluding hydrogens is 574 g/mol. The lowest BCUT2D eigenvalue weighted by Gasteiger charge is -2.44. The van der Waals surface area contributed by atoms with E-state index in [-0.39, 0.29) is 54.3 Å². The number of carbonyl (C=O) groups is 3. The molecule has 254 valence electrons. The van der Waals surface area contributed by atoms with Crippen LogP contribution in [0, 0.1) is 23.7 Å². The molecule has 0 aromatic rings. The van der Waals surface area contributed by atoms with Crippen molar-refractivity contribution in [1.29, 1.82) is 0 Å². The van der Waals surface area contributed by atoms with Crippen LogP contribution < -0.4 is 0 Å². The molecular formula is C36H57NO8. The highest BCUT2D eigenvalue weighted by Crippen LogP contribution is 2.38. The standard InChI is InChI=1S/C36H57NO8/c1-24(21-26(3)34(40)28-15-17-29(38)18-16-28)11-7-6-8-12-25(2)32(44-5)22-30-19-14-27(4)36(43,45-30)23-33(39)37-20-10-9-13-31(37)35(41)42/h6-8,11-12,24,26-32,38,43H,9-10,13-23H2,1-5H3,(H,41,42). The number of nitrogens with zero attached hydrogens (tertiary/aromatic N) is 1. The molecule has 7 unspecified atom stereocenters. The van der Waals surface area contributed by atoms with Gasteiger partial charge in [-0.3, -0.25) is 9.59 Å². The summed E-state index contributed by atoms with van der Waals surface area (Å²) in [6.45, 7) is 8.38. The van der Waals surface area contributed by atoms with Gasteiger partial charge in [0, 0.05) is 37.8 Å². The van der Waals surface area contributed by atoms with Gasteiger partial charge in [0.2, 0.25) is 5.91 Å². The maximum Gasteiger partial charge on any atom is 0.326 e. The van der Waals surface area contributed by atoms with Crippen molar-refractivity contribution in [2.75, 3.05) is 13.7 Å². The minimum Gasteiger partial charge on any atom is -0.480 e. The lowest BCUT2D eigenvalue weighted by atomic mass is 9.79. The monoisotopic (exact) mass is 631 g/mol. The Hall–Kier alpha value is -2.33. The first-order chi connectivity index (χ1) is 21.3. The van der Waals surface area contributed by atoms with E-state index in [9.17, 15) is 29.7 Å². The van der Waals surface area contributed by atoms with E-state index in [4.69, 9.17) is 9.47 Å². The Labute approximate surface area is 269 Å². The average Bonchev–Trinajstić information content (AvgIpc) is 3.01. The molecule has 2 saturated heterocycles. The predicted molar refractivity (Wildman–Crippen MR) is 173 cm³/mol. The maximum absolute atomic E-state index is 13.1. The molecule has 3 rings (SSSR count). The van der Waals surface area contributed by atoms with Crippen LogP contribution in [0.15, 0.2) is 36.0 Å². The molecule has 3 aliphatic rings. The number of hydrogen-bond acceptors (Lipinski definition) is 7. The number of allylic oxidation sites excluding steroid dienone is 5. The normalized spacial score (nSPS) is 32.0. The Bertz CT molecular complexity index is 1080. The molecule has 45 heavy (non-hydrogen) atoms. The van der Waals surface area contributed by atoms with Crippen molar-refractivity contribution in [1.82, 2.24) is 4.90 Å². The number of likely N-dealkylation sites (tertiary alicyclic amines) is 1. The minimum atomic E-state index is -1.65. The Balaban J connectivity index is 1.50. The van der Waals surface area contributed by atoms with E-state index >= 15 is 0 Å². The molecule has 9 nitrogen and oxygen atoms in total. The highest BCUT2D eigenvalue weighted by Gasteiger charge is 2.45. The summed E-state index contributed by atoms with van der Waals surface area (Å²) >= 11 is 0. The first-order valence-electron chi connectivity index (χ1n) is 17.0. The summed E-state index contributed by atoms with van der Waals surface area (Å²) in [6.07, 6.45) is 16.7. The van der Waals surface area contributed by atoms with Gasteiger partial charge < -0.3 is 29.7 Å². The highest BCUT2D eigenvalue weighted by atomic mass is 16.6. The van der Waals surface area contributed by atoms with Crippen LogP contribution in [0.25, 0.3) is 0 Å². The molecule has 3 fully saturated rings. The minimum absolute atomic E-state index is 0.00525. The highest BCUT2D eigenvalue weighted by molar-refractivity contribution is 5.84. The van der Waals surface area contributed by atoms with Crippen molar-refractivity contribution < 1.29 is 39.2 Å². The molecule has 1 amide bonds. The molecule has 0 spiro atoms. The summed E-state index contributed by atoms with van der Waals surface area (Å²) in [5, 5.41) is 30.7. The number of aliphatic hydroxyl groups excluding tert-OH is 1. The SMILES string of the molecule is COC(CC1CCC(C)C(O)(CC(=O)N2CCCCC2C(=O)O)O1)C(C)=CC=CC=CC(C)CC(C)C(=O)C1CCC(O)CC1. The molecule has 9 heteroatoms. The van der Waals surface area contributed by atoms with Crippen molar-refractivity contribution in [2.24, 2.45) is 23.7 Å². The third-order valence-electron chi connectivity index (χ3n) is 10.2. The average molecular weight is 632 g/mol. The van der Waals surface area contributed by atoms with E-state index in [1.165, 1.54) is 4.90 Å². The third-order valence-corrected chi connectivity index (χ3v) is 10.2. The van der Waals surface area contributed by atoms with Gasteiger partial charge in [-0.25, -0.2) is 4.79 Å². The topological polar surface area (TPSA) is 134 Å². The number of rotatable bonds is 14. The zero-order valence-electron chi connectivity index (χ0n) is 28.0. The van der Waals surface area contributed by atoms with Crippen LogP contribution in [-0.2, 0) is 23.9 Å². The zero-order valence-corrected chi connectivity index (χ0v) is 28.0.